The minimum atomic E-state index is -1.12. The molecule has 4 atom stereocenters. The Morgan fingerprint density at radius 3 is 2.50 bits per heavy atom. The van der Waals surface area contributed by atoms with E-state index in [-0.39, 0.29) is 12.7 Å². The molecular weight excluding hydrogens is 512 g/mol. The fourth-order valence-electron chi connectivity index (χ4n) is 5.99. The van der Waals surface area contributed by atoms with Crippen molar-refractivity contribution in [2.24, 2.45) is 0 Å². The number of piperidine rings is 1. The second-order valence-corrected chi connectivity index (χ2v) is 11.7. The lowest BCUT2D eigenvalue weighted by molar-refractivity contribution is -0.278. The summed E-state index contributed by atoms with van der Waals surface area (Å²) >= 11 is 0. The molecule has 226 valence electrons. The van der Waals surface area contributed by atoms with Gasteiger partial charge in [0.25, 0.3) is 0 Å². The van der Waals surface area contributed by atoms with Crippen molar-refractivity contribution in [2.45, 2.75) is 115 Å². The number of methoxy groups -OCH3 is 1. The van der Waals surface area contributed by atoms with E-state index in [1.807, 2.05) is 13.8 Å². The van der Waals surface area contributed by atoms with Crippen LogP contribution in [0.1, 0.15) is 85.0 Å². The summed E-state index contributed by atoms with van der Waals surface area (Å²) in [4.78, 5) is 15.6. The van der Waals surface area contributed by atoms with Crippen molar-refractivity contribution in [3.05, 3.63) is 24.3 Å². The van der Waals surface area contributed by atoms with Crippen molar-refractivity contribution < 1.29 is 33.2 Å². The second-order valence-electron chi connectivity index (χ2n) is 11.7. The molecule has 0 radical (unpaired) electrons. The van der Waals surface area contributed by atoms with Crippen molar-refractivity contribution in [1.29, 1.82) is 0 Å². The Kier molecular flexibility index (Phi) is 11.5. The molecule has 0 aromatic heterocycles. The summed E-state index contributed by atoms with van der Waals surface area (Å²) in [6.07, 6.45) is 9.18. The van der Waals surface area contributed by atoms with E-state index in [2.05, 4.69) is 17.1 Å². The smallest absolute Gasteiger partial charge is 0.412 e. The molecule has 3 heterocycles. The molecule has 4 rings (SSSR count). The molecular formula is C31H50N2O7. The maximum Gasteiger partial charge on any atom is 0.412 e. The number of likely N-dealkylation sites (tertiary alicyclic amines) is 1. The molecule has 3 aliphatic rings. The third-order valence-electron chi connectivity index (χ3n) is 7.97. The molecule has 0 aliphatic carbocycles. The van der Waals surface area contributed by atoms with Gasteiger partial charge in [-0.25, -0.2) is 4.79 Å². The van der Waals surface area contributed by atoms with Crippen LogP contribution >= 0.6 is 0 Å². The van der Waals surface area contributed by atoms with Gasteiger partial charge < -0.3 is 33.3 Å². The number of nitrogens with zero attached hydrogens (tertiary/aromatic N) is 1. The van der Waals surface area contributed by atoms with E-state index in [1.165, 1.54) is 38.5 Å². The summed E-state index contributed by atoms with van der Waals surface area (Å²) < 4.78 is 36.7. The average molecular weight is 563 g/mol. The highest BCUT2D eigenvalue weighted by atomic mass is 16.9. The third kappa shape index (κ3) is 8.55. The van der Waals surface area contributed by atoms with E-state index >= 15 is 0 Å². The predicted octanol–water partition coefficient (Wildman–Crippen LogP) is 6.11. The first-order valence-electron chi connectivity index (χ1n) is 15.3. The minimum absolute atomic E-state index is 0.234. The highest BCUT2D eigenvalue weighted by molar-refractivity contribution is 5.84. The predicted molar refractivity (Wildman–Crippen MR) is 154 cm³/mol. The third-order valence-corrected chi connectivity index (χ3v) is 7.97. The summed E-state index contributed by atoms with van der Waals surface area (Å²) in [5.74, 6) is -1.29. The lowest BCUT2D eigenvalue weighted by Crippen LogP contribution is -2.46. The van der Waals surface area contributed by atoms with Crippen molar-refractivity contribution in [2.75, 3.05) is 45.3 Å². The first-order valence-corrected chi connectivity index (χ1v) is 15.3. The van der Waals surface area contributed by atoms with E-state index in [0.717, 1.165) is 45.3 Å². The Bertz CT molecular complexity index is 905. The Labute approximate surface area is 240 Å². The van der Waals surface area contributed by atoms with Crippen LogP contribution in [-0.2, 0) is 23.7 Å². The molecule has 9 heteroatoms. The molecule has 1 aromatic carbocycles. The number of ether oxygens (including phenoxy) is 6. The number of nitrogens with one attached hydrogen (secondary N) is 1. The van der Waals surface area contributed by atoms with Gasteiger partial charge in [0, 0.05) is 12.3 Å². The van der Waals surface area contributed by atoms with Crippen LogP contribution in [0.25, 0.3) is 0 Å². The van der Waals surface area contributed by atoms with E-state index in [0.29, 0.717) is 18.0 Å². The number of anilines is 1. The number of hydrogen-bond donors (Lipinski definition) is 1. The lowest BCUT2D eigenvalue weighted by Gasteiger charge is -2.29. The normalized spacial score (nSPS) is 27.9. The van der Waals surface area contributed by atoms with Gasteiger partial charge in [-0.05, 0) is 89.9 Å². The zero-order chi connectivity index (χ0) is 28.4. The number of rotatable bonds is 15. The molecule has 3 aliphatic heterocycles. The second kappa shape index (κ2) is 14.8. The molecule has 0 unspecified atom stereocenters. The number of hydrogen-bond acceptors (Lipinski definition) is 8. The van der Waals surface area contributed by atoms with Gasteiger partial charge in [0.15, 0.2) is 18.0 Å². The number of carbonyl (C=O) groups excluding carboxylic acids is 1. The van der Waals surface area contributed by atoms with Crippen LogP contribution in [0.2, 0.25) is 0 Å². The molecule has 0 bridgehead atoms. The Hall–Kier alpha value is -1.91. The fraction of sp³-hybridized carbons (Fsp3) is 0.774. The number of amides is 1. The van der Waals surface area contributed by atoms with Gasteiger partial charge in [-0.15, -0.1) is 0 Å². The van der Waals surface area contributed by atoms with Crippen LogP contribution in [0.5, 0.6) is 5.75 Å². The molecule has 1 N–H and O–H groups in total. The maximum absolute atomic E-state index is 13.1. The first-order chi connectivity index (χ1) is 19.3. The number of benzene rings is 1. The van der Waals surface area contributed by atoms with Crippen molar-refractivity contribution in [1.82, 2.24) is 4.90 Å². The Balaban J connectivity index is 1.41. The van der Waals surface area contributed by atoms with Gasteiger partial charge in [-0.2, -0.15) is 0 Å². The van der Waals surface area contributed by atoms with Crippen LogP contribution in [-0.4, -0.2) is 80.8 Å². The van der Waals surface area contributed by atoms with E-state index in [1.54, 1.807) is 31.4 Å². The van der Waals surface area contributed by atoms with Gasteiger partial charge in [0.2, 0.25) is 5.79 Å². The van der Waals surface area contributed by atoms with Crippen molar-refractivity contribution in [3.63, 3.8) is 0 Å². The van der Waals surface area contributed by atoms with Crippen LogP contribution < -0.4 is 10.1 Å². The molecule has 1 amide bonds. The number of carbonyl (C=O) groups is 1. The van der Waals surface area contributed by atoms with Gasteiger partial charge >= 0.3 is 6.09 Å². The topological polar surface area (TPSA) is 87.7 Å². The monoisotopic (exact) mass is 562 g/mol. The lowest BCUT2D eigenvalue weighted by atomic mass is 10.0. The number of fused-ring (bicyclic) bond motifs is 1. The van der Waals surface area contributed by atoms with Crippen LogP contribution in [0, 0.1) is 0 Å². The molecule has 9 nitrogen and oxygen atoms in total. The molecule has 3 fully saturated rings. The SMILES string of the molecule is CCCCCCCOC[C@@]12O[C@@H](CCCN3CCCCC3)[C@@H](OC(=O)Nc3ccc(OC)cc3)[C@@H]1OC(C)(C)O2. The highest BCUT2D eigenvalue weighted by Crippen LogP contribution is 2.47. The molecule has 1 aromatic rings. The van der Waals surface area contributed by atoms with Gasteiger partial charge in [0.1, 0.15) is 18.5 Å². The van der Waals surface area contributed by atoms with Crippen LogP contribution in [0.15, 0.2) is 24.3 Å². The quantitative estimate of drug-likeness (QED) is 0.256. The van der Waals surface area contributed by atoms with Crippen molar-refractivity contribution >= 4 is 11.8 Å². The first kappa shape index (κ1) is 31.0. The van der Waals surface area contributed by atoms with E-state index < -0.39 is 29.9 Å². The standard InChI is InChI=1S/C31H50N2O7/c1-5-6-7-8-12-22-36-23-31-28(39-30(2,3)40-31)27(26(38-31)14-13-21-33-19-10-9-11-20-33)37-29(34)32-24-15-17-25(35-4)18-16-24/h15-18,26-28H,5-14,19-23H2,1-4H3,(H,32,34)/t26-,27+,28-,31-/m0/s1. The molecule has 0 spiro atoms. The van der Waals surface area contributed by atoms with Gasteiger partial charge in [-0.1, -0.05) is 39.0 Å². The summed E-state index contributed by atoms with van der Waals surface area (Å²) in [5.41, 5.74) is 0.618. The summed E-state index contributed by atoms with van der Waals surface area (Å²) in [6, 6.07) is 7.13. The summed E-state index contributed by atoms with van der Waals surface area (Å²) in [6.45, 7) is 10.1. The summed E-state index contributed by atoms with van der Waals surface area (Å²) in [7, 11) is 1.61. The minimum Gasteiger partial charge on any atom is -0.497 e. The van der Waals surface area contributed by atoms with E-state index in [9.17, 15) is 4.79 Å². The maximum atomic E-state index is 13.1. The molecule has 3 saturated heterocycles. The zero-order valence-electron chi connectivity index (χ0n) is 25.0. The van der Waals surface area contributed by atoms with Crippen LogP contribution in [0.3, 0.4) is 0 Å². The Morgan fingerprint density at radius 1 is 1.02 bits per heavy atom. The van der Waals surface area contributed by atoms with Crippen molar-refractivity contribution in [3.8, 4) is 5.75 Å². The van der Waals surface area contributed by atoms with Crippen LogP contribution in [0.4, 0.5) is 10.5 Å². The highest BCUT2D eigenvalue weighted by Gasteiger charge is 2.66. The van der Waals surface area contributed by atoms with Gasteiger partial charge in [-0.3, -0.25) is 5.32 Å². The Morgan fingerprint density at radius 2 is 1.77 bits per heavy atom. The average Bonchev–Trinajstić information content (AvgIpc) is 3.35. The number of unbranched alkanes of at least 4 members (excludes halogenated alkanes) is 4. The zero-order valence-corrected chi connectivity index (χ0v) is 25.0. The fourth-order valence-corrected chi connectivity index (χ4v) is 5.99. The van der Waals surface area contributed by atoms with E-state index in [4.69, 9.17) is 28.4 Å². The van der Waals surface area contributed by atoms with Gasteiger partial charge in [0.05, 0.1) is 7.11 Å². The molecule has 0 saturated carbocycles. The largest absolute Gasteiger partial charge is 0.497 e. The molecule has 40 heavy (non-hydrogen) atoms. The summed E-state index contributed by atoms with van der Waals surface area (Å²) in [5, 5.41) is 2.83.